The Hall–Kier alpha value is -9.22. The van der Waals surface area contributed by atoms with Gasteiger partial charge in [-0.05, 0) is 104 Å². The molecule has 14 N–H and O–H groups in total. The number of rotatable bonds is 21. The Morgan fingerprint density at radius 3 is 1.54 bits per heavy atom. The normalized spacial score (nSPS) is 12.1. The summed E-state index contributed by atoms with van der Waals surface area (Å²) in [6.07, 6.45) is 6.76. The lowest BCUT2D eigenvalue weighted by Crippen LogP contribution is -2.32. The van der Waals surface area contributed by atoms with Crippen molar-refractivity contribution in [2.24, 2.45) is 22.9 Å². The van der Waals surface area contributed by atoms with Crippen LogP contribution >= 0.6 is 22.7 Å². The van der Waals surface area contributed by atoms with Crippen molar-refractivity contribution in [1.29, 1.82) is 0 Å². The third kappa shape index (κ3) is 21.7. The minimum absolute atomic E-state index is 0.184. The molecule has 0 amide bonds. The highest BCUT2D eigenvalue weighted by atomic mass is 32.1. The van der Waals surface area contributed by atoms with Gasteiger partial charge in [0.2, 0.25) is 0 Å². The molecule has 0 radical (unpaired) electrons. The molecule has 8 rings (SSSR count). The van der Waals surface area contributed by atoms with E-state index in [0.29, 0.717) is 90.1 Å². The molecule has 0 spiro atoms. The second-order valence-corrected chi connectivity index (χ2v) is 18.7. The Kier molecular flexibility index (Phi) is 23.4. The molecule has 32 nitrogen and oxygen atoms in total. The van der Waals surface area contributed by atoms with Crippen LogP contribution in [-0.2, 0) is 64.2 Å². The van der Waals surface area contributed by atoms with Crippen molar-refractivity contribution in [3.05, 3.63) is 132 Å². The zero-order valence-corrected chi connectivity index (χ0v) is 44.3. The maximum absolute atomic E-state index is 10.8. The summed E-state index contributed by atoms with van der Waals surface area (Å²) in [7, 11) is 0. The molecule has 0 saturated heterocycles. The van der Waals surface area contributed by atoms with Crippen LogP contribution in [0.3, 0.4) is 0 Å². The zero-order chi connectivity index (χ0) is 57.4. The Morgan fingerprint density at radius 1 is 0.519 bits per heavy atom. The first-order chi connectivity index (χ1) is 37.7. The van der Waals surface area contributed by atoms with Gasteiger partial charge in [0.05, 0.1) is 11.9 Å². The fourth-order valence-electron chi connectivity index (χ4n) is 6.03. The van der Waals surface area contributed by atoms with Crippen LogP contribution in [0.5, 0.6) is 0 Å². The maximum atomic E-state index is 10.8. The van der Waals surface area contributed by atoms with Crippen molar-refractivity contribution < 1.29 is 39.6 Å². The van der Waals surface area contributed by atoms with Gasteiger partial charge in [-0.3, -0.25) is 29.1 Å². The summed E-state index contributed by atoms with van der Waals surface area (Å²) in [4.78, 5) is 53.0. The molecule has 34 heteroatoms. The van der Waals surface area contributed by atoms with Crippen molar-refractivity contribution >= 4 is 64.1 Å². The van der Waals surface area contributed by atoms with Crippen LogP contribution < -0.4 is 33.6 Å². The lowest BCUT2D eigenvalue weighted by Gasteiger charge is -2.08. The van der Waals surface area contributed by atoms with Crippen LogP contribution in [0.2, 0.25) is 0 Å². The van der Waals surface area contributed by atoms with Crippen molar-refractivity contribution in [3.63, 3.8) is 0 Å². The summed E-state index contributed by atoms with van der Waals surface area (Å²) in [5.41, 5.74) is 26.6. The molecule has 0 fully saturated rings. The monoisotopic (exact) mass is 1120 g/mol. The molecule has 414 valence electrons. The minimum atomic E-state index is -1.06. The van der Waals surface area contributed by atoms with E-state index in [1.54, 1.807) is 58.4 Å². The van der Waals surface area contributed by atoms with Crippen molar-refractivity contribution in [1.82, 2.24) is 91.5 Å². The predicted octanol–water partition coefficient (Wildman–Crippen LogP) is -0.432. The predicted molar refractivity (Wildman–Crippen MR) is 280 cm³/mol. The SMILES string of the molecule is Cc1nnc(Cc2cc(C[C@H](N)C(=O)O)cs2)nn1.Cc1nnc(Cc2sccc2C[C@H](N)C(=O)O)nn1.Cc1nnc(NCc2ccc(C[C@H](N)C(=O)O)nc2)nn1.Cc1nnc(Nc2cncc(C[C@H](N)C(=O)O)c2)nn1. The molecule has 79 heavy (non-hydrogen) atoms. The molecule has 0 aliphatic rings. The number of carboxylic acid groups (broad SMARTS) is 4. The molecule has 0 bridgehead atoms. The van der Waals surface area contributed by atoms with E-state index in [1.165, 1.54) is 22.7 Å². The highest BCUT2D eigenvalue weighted by Crippen LogP contribution is 2.21. The maximum Gasteiger partial charge on any atom is 0.320 e. The summed E-state index contributed by atoms with van der Waals surface area (Å²) in [5.74, 6) is -0.468. The number of carboxylic acids is 4. The highest BCUT2D eigenvalue weighted by Gasteiger charge is 2.18. The summed E-state index contributed by atoms with van der Waals surface area (Å²) in [6, 6.07) is 5.40. The zero-order valence-electron chi connectivity index (χ0n) is 42.6. The van der Waals surface area contributed by atoms with Gasteiger partial charge in [0.1, 0.15) is 24.2 Å². The van der Waals surface area contributed by atoms with E-state index in [-0.39, 0.29) is 18.8 Å². The van der Waals surface area contributed by atoms with Gasteiger partial charge in [0.15, 0.2) is 34.9 Å². The molecular formula is C45H54N24O8S2. The van der Waals surface area contributed by atoms with Crippen molar-refractivity contribution in [2.45, 2.75) is 96.9 Å². The average molecular weight is 1120 g/mol. The number of hydrogen-bond acceptors (Lipinski definition) is 30. The van der Waals surface area contributed by atoms with Crippen LogP contribution in [0, 0.1) is 27.7 Å². The van der Waals surface area contributed by atoms with E-state index in [1.807, 2.05) is 29.0 Å². The van der Waals surface area contributed by atoms with Gasteiger partial charge >= 0.3 is 23.9 Å². The highest BCUT2D eigenvalue weighted by molar-refractivity contribution is 7.10. The fourth-order valence-corrected chi connectivity index (χ4v) is 7.84. The molecule has 8 aromatic heterocycles. The molecule has 0 aliphatic heterocycles. The molecule has 0 aliphatic carbocycles. The second kappa shape index (κ2) is 30.5. The molecule has 0 saturated carbocycles. The summed E-state index contributed by atoms with van der Waals surface area (Å²) < 4.78 is 0. The fraction of sp³-hybridized carbons (Fsp3) is 0.333. The van der Waals surface area contributed by atoms with E-state index in [9.17, 15) is 19.2 Å². The molecule has 8 aromatic rings. The molecule has 0 unspecified atom stereocenters. The number of nitrogens with one attached hydrogen (secondary N) is 2. The summed E-state index contributed by atoms with van der Waals surface area (Å²) >= 11 is 3.04. The van der Waals surface area contributed by atoms with Crippen molar-refractivity contribution in [3.8, 4) is 0 Å². The summed E-state index contributed by atoms with van der Waals surface area (Å²) in [6.45, 7) is 7.28. The number of aryl methyl sites for hydroxylation is 4. The first-order valence-electron chi connectivity index (χ1n) is 23.3. The molecule has 8 heterocycles. The Labute approximate surface area is 456 Å². The van der Waals surface area contributed by atoms with Crippen molar-refractivity contribution in [2.75, 3.05) is 10.6 Å². The van der Waals surface area contributed by atoms with Crippen LogP contribution in [0.1, 0.15) is 72.6 Å². The smallest absolute Gasteiger partial charge is 0.320 e. The van der Waals surface area contributed by atoms with Crippen LogP contribution in [0.4, 0.5) is 17.6 Å². The van der Waals surface area contributed by atoms with Gasteiger partial charge < -0.3 is 54.0 Å². The largest absolute Gasteiger partial charge is 0.480 e. The first-order valence-corrected chi connectivity index (χ1v) is 25.0. The lowest BCUT2D eigenvalue weighted by molar-refractivity contribution is -0.139. The molecular weight excluding hydrogens is 1070 g/mol. The summed E-state index contributed by atoms with van der Waals surface area (Å²) in [5, 5.41) is 106. The number of carbonyl (C=O) groups is 4. The van der Waals surface area contributed by atoms with Gasteiger partial charge in [0.25, 0.3) is 11.9 Å². The van der Waals surface area contributed by atoms with Gasteiger partial charge in [-0.15, -0.1) is 104 Å². The number of thiophene rings is 2. The van der Waals surface area contributed by atoms with E-state index < -0.39 is 48.0 Å². The average Bonchev–Trinajstić information content (AvgIpc) is 4.07. The number of anilines is 3. The number of nitrogens with two attached hydrogens (primary N) is 4. The van der Waals surface area contributed by atoms with E-state index in [4.69, 9.17) is 43.4 Å². The Morgan fingerprint density at radius 2 is 1.01 bits per heavy atom. The quantitative estimate of drug-likeness (QED) is 0.0436. The van der Waals surface area contributed by atoms with Gasteiger partial charge in [0, 0.05) is 53.6 Å². The number of pyridine rings is 2. The van der Waals surface area contributed by atoms with Gasteiger partial charge in [-0.25, -0.2) is 0 Å². The molecule has 4 atom stereocenters. The second-order valence-electron chi connectivity index (χ2n) is 16.7. The first kappa shape index (κ1) is 60.6. The number of nitrogens with zero attached hydrogens (tertiary/aromatic N) is 18. The standard InChI is InChI=1S/C12H15N7O2.C11H13N7O2.2C11H13N5O2S/c1-7-16-18-12(19-17-7)15-6-8-2-3-9(14-5-8)4-10(13)11(20)21;1-6-15-17-11(18-16-6)14-8-2-7(4-13-5-8)3-9(12)10(19)20;1-6-13-15-10(16-14-6)4-8-2-7(5-19-8)3-9(12)11(17)18;1-6-13-15-10(16-14-6)5-9-7(2-3-19-9)4-8(12)11(17)18/h2-3,5,10H,4,6,13H2,1H3,(H,20,21)(H,15,18,19);2,4-5,9H,3,12H2,1H3,(H,19,20)(H,14,17,18);2,5,9H,3-4,12H2,1H3,(H,17,18);2-3,8H,4-5,12H2,1H3,(H,17,18)/t10-;2*9-;8-/m0000/s1. The Balaban J connectivity index is 0.000000194. The van der Waals surface area contributed by atoms with Gasteiger partial charge in [-0.1, -0.05) is 6.07 Å². The van der Waals surface area contributed by atoms with E-state index in [0.717, 1.165) is 26.4 Å². The van der Waals surface area contributed by atoms with Crippen LogP contribution in [0.15, 0.2) is 59.7 Å². The number of aliphatic carboxylic acids is 4. The Bertz CT molecular complexity index is 3200. The number of aromatic nitrogens is 18. The topological polar surface area (TPSA) is 509 Å². The van der Waals surface area contributed by atoms with Crippen LogP contribution in [-0.4, -0.2) is 160 Å². The van der Waals surface area contributed by atoms with Gasteiger partial charge in [-0.2, -0.15) is 0 Å². The minimum Gasteiger partial charge on any atom is -0.480 e. The third-order valence-corrected chi connectivity index (χ3v) is 12.0. The number of hydrogen-bond donors (Lipinski definition) is 10. The van der Waals surface area contributed by atoms with E-state index in [2.05, 4.69) is 102 Å². The third-order valence-electron chi connectivity index (χ3n) is 10.0. The van der Waals surface area contributed by atoms with E-state index >= 15 is 0 Å². The lowest BCUT2D eigenvalue weighted by atomic mass is 10.1. The van der Waals surface area contributed by atoms with Crippen LogP contribution in [0.25, 0.3) is 0 Å². The molecule has 0 aromatic carbocycles.